The molecule has 1 aliphatic rings. The third-order valence-corrected chi connectivity index (χ3v) is 3.37. The molecule has 0 heterocycles. The van der Waals surface area contributed by atoms with Crippen molar-refractivity contribution in [3.8, 4) is 0 Å². The number of hydrogen-bond donors (Lipinski definition) is 2. The molecule has 3 N–H and O–H groups in total. The van der Waals surface area contributed by atoms with E-state index in [2.05, 4.69) is 5.32 Å². The molecule has 0 aromatic heterocycles. The first-order valence-corrected chi connectivity index (χ1v) is 6.91. The first-order chi connectivity index (χ1) is 9.63. The third-order valence-electron chi connectivity index (χ3n) is 3.37. The van der Waals surface area contributed by atoms with E-state index in [4.69, 9.17) is 10.5 Å². The van der Waals surface area contributed by atoms with Crippen LogP contribution in [0.4, 0.5) is 0 Å². The maximum Gasteiger partial charge on any atom is 0.332 e. The minimum Gasteiger partial charge on any atom is -0.464 e. The molecule has 1 aromatic carbocycles. The Hall–Kier alpha value is -1.88. The van der Waals surface area contributed by atoms with Crippen LogP contribution < -0.4 is 11.1 Å². The number of ether oxygens (including phenoxy) is 1. The fourth-order valence-corrected chi connectivity index (χ4v) is 2.15. The smallest absolute Gasteiger partial charge is 0.332 e. The van der Waals surface area contributed by atoms with Crippen LogP contribution in [0, 0.1) is 5.92 Å². The molecule has 0 radical (unpaired) electrons. The molecular formula is C15H20N2O3. The van der Waals surface area contributed by atoms with Gasteiger partial charge >= 0.3 is 5.97 Å². The highest BCUT2D eigenvalue weighted by molar-refractivity contribution is 6.01. The maximum absolute atomic E-state index is 12.0. The van der Waals surface area contributed by atoms with E-state index in [1.54, 1.807) is 6.92 Å². The molecule has 1 aromatic rings. The van der Waals surface area contributed by atoms with Gasteiger partial charge in [0.05, 0.1) is 12.6 Å². The molecule has 0 bridgehead atoms. The molecule has 108 valence electrons. The van der Waals surface area contributed by atoms with Crippen LogP contribution in [0.1, 0.15) is 31.4 Å². The Bertz CT molecular complexity index is 471. The van der Waals surface area contributed by atoms with Crippen molar-refractivity contribution >= 4 is 11.9 Å². The van der Waals surface area contributed by atoms with Crippen molar-refractivity contribution in [2.24, 2.45) is 11.7 Å². The molecule has 5 heteroatoms. The molecule has 5 nitrogen and oxygen atoms in total. The Morgan fingerprint density at radius 2 is 2.00 bits per heavy atom. The van der Waals surface area contributed by atoms with E-state index in [1.807, 2.05) is 30.3 Å². The van der Waals surface area contributed by atoms with E-state index in [9.17, 15) is 9.59 Å². The van der Waals surface area contributed by atoms with Gasteiger partial charge in [-0.3, -0.25) is 4.79 Å². The second-order valence-corrected chi connectivity index (χ2v) is 4.96. The highest BCUT2D eigenvalue weighted by atomic mass is 16.5. The number of benzene rings is 1. The Labute approximate surface area is 118 Å². The number of hydrogen-bond acceptors (Lipinski definition) is 4. The van der Waals surface area contributed by atoms with Crippen molar-refractivity contribution in [1.82, 2.24) is 5.32 Å². The van der Waals surface area contributed by atoms with Crippen LogP contribution >= 0.6 is 0 Å². The molecule has 0 spiro atoms. The summed E-state index contributed by atoms with van der Waals surface area (Å²) in [5, 5.41) is 2.87. The summed E-state index contributed by atoms with van der Waals surface area (Å²) in [7, 11) is 0. The number of nitrogens with one attached hydrogen (secondary N) is 1. The summed E-state index contributed by atoms with van der Waals surface area (Å²) in [6.45, 7) is 1.89. The van der Waals surface area contributed by atoms with Gasteiger partial charge in [0, 0.05) is 0 Å². The summed E-state index contributed by atoms with van der Waals surface area (Å²) < 4.78 is 4.76. The fraction of sp³-hybridized carbons (Fsp3) is 0.467. The van der Waals surface area contributed by atoms with Crippen LogP contribution in [-0.2, 0) is 14.3 Å². The molecule has 0 aliphatic heterocycles. The van der Waals surface area contributed by atoms with Gasteiger partial charge < -0.3 is 15.8 Å². The van der Waals surface area contributed by atoms with Gasteiger partial charge in [-0.2, -0.15) is 0 Å². The monoisotopic (exact) mass is 276 g/mol. The first-order valence-electron chi connectivity index (χ1n) is 6.91. The molecule has 1 saturated carbocycles. The van der Waals surface area contributed by atoms with Crippen molar-refractivity contribution < 1.29 is 14.3 Å². The lowest BCUT2D eigenvalue weighted by Crippen LogP contribution is -2.48. The standard InChI is InChI=1S/C15H20N2O3/c1-2-20-15(19)12(16)14(18)17-13(11-8-9-11)10-6-4-3-5-7-10/h3-7,11-13H,2,8-9,16H2,1H3,(H,17,18). The SMILES string of the molecule is CCOC(=O)C(N)C(=O)NC(c1ccccc1)C1CC1. The zero-order chi connectivity index (χ0) is 14.5. The largest absolute Gasteiger partial charge is 0.464 e. The second kappa shape index (κ2) is 6.52. The summed E-state index contributed by atoms with van der Waals surface area (Å²) in [4.78, 5) is 23.5. The Balaban J connectivity index is 2.02. The van der Waals surface area contributed by atoms with Crippen LogP contribution in [0.5, 0.6) is 0 Å². The van der Waals surface area contributed by atoms with Crippen molar-refractivity contribution in [2.75, 3.05) is 6.61 Å². The van der Waals surface area contributed by atoms with Gasteiger partial charge in [-0.05, 0) is 31.2 Å². The molecule has 1 fully saturated rings. The van der Waals surface area contributed by atoms with E-state index >= 15 is 0 Å². The van der Waals surface area contributed by atoms with E-state index in [-0.39, 0.29) is 12.6 Å². The van der Waals surface area contributed by atoms with E-state index < -0.39 is 17.9 Å². The molecule has 2 atom stereocenters. The number of nitrogens with two attached hydrogens (primary N) is 1. The number of esters is 1. The van der Waals surface area contributed by atoms with Gasteiger partial charge in [0.2, 0.25) is 5.91 Å². The third kappa shape index (κ3) is 3.57. The average Bonchev–Trinajstić information content (AvgIpc) is 3.29. The lowest BCUT2D eigenvalue weighted by atomic mass is 10.0. The highest BCUT2D eigenvalue weighted by Gasteiger charge is 2.35. The van der Waals surface area contributed by atoms with E-state index in [0.29, 0.717) is 5.92 Å². The molecule has 1 aliphatic carbocycles. The predicted molar refractivity (Wildman–Crippen MR) is 74.7 cm³/mol. The molecule has 0 saturated heterocycles. The first kappa shape index (κ1) is 14.5. The minimum atomic E-state index is -1.26. The molecule has 20 heavy (non-hydrogen) atoms. The molecule has 2 rings (SSSR count). The van der Waals surface area contributed by atoms with E-state index in [0.717, 1.165) is 18.4 Å². The summed E-state index contributed by atoms with van der Waals surface area (Å²) in [6, 6.07) is 8.39. The quantitative estimate of drug-likeness (QED) is 0.603. The van der Waals surface area contributed by atoms with Crippen molar-refractivity contribution in [1.29, 1.82) is 0 Å². The predicted octanol–water partition coefficient (Wildman–Crippen LogP) is 1.14. The van der Waals surface area contributed by atoms with Gasteiger partial charge in [-0.15, -0.1) is 0 Å². The lowest BCUT2D eigenvalue weighted by Gasteiger charge is -2.20. The maximum atomic E-state index is 12.0. The van der Waals surface area contributed by atoms with Crippen LogP contribution in [0.2, 0.25) is 0 Å². The summed E-state index contributed by atoms with van der Waals surface area (Å²) in [6.07, 6.45) is 2.16. The van der Waals surface area contributed by atoms with Crippen LogP contribution in [0.25, 0.3) is 0 Å². The number of amides is 1. The minimum absolute atomic E-state index is 0.0795. The van der Waals surface area contributed by atoms with Gasteiger partial charge in [0.1, 0.15) is 0 Å². The van der Waals surface area contributed by atoms with Gasteiger partial charge in [0.15, 0.2) is 6.04 Å². The second-order valence-electron chi connectivity index (χ2n) is 4.96. The van der Waals surface area contributed by atoms with Gasteiger partial charge in [0.25, 0.3) is 0 Å². The Morgan fingerprint density at radius 3 is 2.55 bits per heavy atom. The number of rotatable bonds is 6. The zero-order valence-corrected chi connectivity index (χ0v) is 11.5. The van der Waals surface area contributed by atoms with Crippen molar-refractivity contribution in [3.63, 3.8) is 0 Å². The topological polar surface area (TPSA) is 81.4 Å². The summed E-state index contributed by atoms with van der Waals surface area (Å²) in [5.41, 5.74) is 6.65. The normalized spacial score (nSPS) is 17.1. The number of carbonyl (C=O) groups excluding carboxylic acids is 2. The molecule has 1 amide bonds. The summed E-state index contributed by atoms with van der Waals surface area (Å²) >= 11 is 0. The number of carbonyl (C=O) groups is 2. The van der Waals surface area contributed by atoms with Crippen LogP contribution in [0.3, 0.4) is 0 Å². The van der Waals surface area contributed by atoms with E-state index in [1.165, 1.54) is 0 Å². The molecular weight excluding hydrogens is 256 g/mol. The Morgan fingerprint density at radius 1 is 1.35 bits per heavy atom. The highest BCUT2D eigenvalue weighted by Crippen LogP contribution is 2.40. The van der Waals surface area contributed by atoms with Crippen LogP contribution in [-0.4, -0.2) is 24.5 Å². The van der Waals surface area contributed by atoms with Crippen molar-refractivity contribution in [3.05, 3.63) is 35.9 Å². The lowest BCUT2D eigenvalue weighted by molar-refractivity contribution is -0.148. The fourth-order valence-electron chi connectivity index (χ4n) is 2.15. The van der Waals surface area contributed by atoms with Crippen molar-refractivity contribution in [2.45, 2.75) is 31.8 Å². The molecule has 2 unspecified atom stereocenters. The average molecular weight is 276 g/mol. The zero-order valence-electron chi connectivity index (χ0n) is 11.5. The van der Waals surface area contributed by atoms with Gasteiger partial charge in [-0.25, -0.2) is 4.79 Å². The van der Waals surface area contributed by atoms with Gasteiger partial charge in [-0.1, -0.05) is 30.3 Å². The summed E-state index contributed by atoms with van der Waals surface area (Å²) in [5.74, 6) is -0.743. The van der Waals surface area contributed by atoms with Crippen LogP contribution in [0.15, 0.2) is 30.3 Å². The Kier molecular flexibility index (Phi) is 4.74.